The topological polar surface area (TPSA) is 52.9 Å². The molecule has 1 N–H and O–H groups in total. The lowest BCUT2D eigenvalue weighted by atomic mass is 10.0. The Bertz CT molecular complexity index is 181. The van der Waals surface area contributed by atoms with Crippen molar-refractivity contribution in [3.05, 3.63) is 0 Å². The van der Waals surface area contributed by atoms with Gasteiger partial charge >= 0.3 is 0 Å². The van der Waals surface area contributed by atoms with Gasteiger partial charge in [-0.05, 0) is 12.3 Å². The third kappa shape index (κ3) is 4.73. The Morgan fingerprint density at radius 3 is 2.50 bits per heavy atom. The summed E-state index contributed by atoms with van der Waals surface area (Å²) < 4.78 is 0. The normalized spacial score (nSPS) is 12.2. The number of nitriles is 1. The zero-order valence-corrected chi connectivity index (χ0v) is 7.92. The molecule has 0 radical (unpaired) electrons. The molecule has 0 spiro atoms. The highest BCUT2D eigenvalue weighted by Crippen LogP contribution is 2.03. The molecule has 0 aromatic carbocycles. The highest BCUT2D eigenvalue weighted by atomic mass is 16.1. The first-order chi connectivity index (χ1) is 5.60. The molecular weight excluding hydrogens is 152 g/mol. The third-order valence-electron chi connectivity index (χ3n) is 1.52. The van der Waals surface area contributed by atoms with Crippen LogP contribution in [0.3, 0.4) is 0 Å². The first kappa shape index (κ1) is 11.0. The number of nitrogens with one attached hydrogen (secondary N) is 1. The summed E-state index contributed by atoms with van der Waals surface area (Å²) in [4.78, 5) is 10.9. The van der Waals surface area contributed by atoms with Gasteiger partial charge in [0.2, 0.25) is 5.91 Å². The fourth-order valence-electron chi connectivity index (χ4n) is 0.912. The van der Waals surface area contributed by atoms with Gasteiger partial charge in [0.15, 0.2) is 0 Å². The Morgan fingerprint density at radius 1 is 1.58 bits per heavy atom. The maximum absolute atomic E-state index is 10.9. The van der Waals surface area contributed by atoms with Crippen molar-refractivity contribution in [2.45, 2.75) is 39.7 Å². The highest BCUT2D eigenvalue weighted by Gasteiger charge is 2.10. The molecule has 1 atom stereocenters. The minimum Gasteiger partial charge on any atom is -0.340 e. The Balaban J connectivity index is 3.85. The number of rotatable bonds is 4. The van der Waals surface area contributed by atoms with Gasteiger partial charge in [-0.1, -0.05) is 20.8 Å². The number of hydrogen-bond donors (Lipinski definition) is 1. The van der Waals surface area contributed by atoms with Gasteiger partial charge in [0, 0.05) is 6.42 Å². The van der Waals surface area contributed by atoms with Gasteiger partial charge in [-0.2, -0.15) is 5.26 Å². The highest BCUT2D eigenvalue weighted by molar-refractivity contribution is 5.76. The lowest BCUT2D eigenvalue weighted by Gasteiger charge is -2.12. The van der Waals surface area contributed by atoms with Gasteiger partial charge in [-0.15, -0.1) is 0 Å². The Kier molecular flexibility index (Phi) is 5.11. The summed E-state index contributed by atoms with van der Waals surface area (Å²) >= 11 is 0. The summed E-state index contributed by atoms with van der Waals surface area (Å²) in [6.07, 6.45) is 1.17. The van der Waals surface area contributed by atoms with Gasteiger partial charge in [0.1, 0.15) is 6.04 Å². The first-order valence-electron chi connectivity index (χ1n) is 4.29. The van der Waals surface area contributed by atoms with Crippen LogP contribution in [-0.2, 0) is 4.79 Å². The number of carbonyl (C=O) groups is 1. The van der Waals surface area contributed by atoms with Crippen LogP contribution in [0, 0.1) is 17.2 Å². The van der Waals surface area contributed by atoms with E-state index in [2.05, 4.69) is 11.4 Å². The van der Waals surface area contributed by atoms with Crippen molar-refractivity contribution < 1.29 is 4.79 Å². The summed E-state index contributed by atoms with van der Waals surface area (Å²) in [7, 11) is 0. The molecule has 68 valence electrons. The molecule has 0 aromatic heterocycles. The zero-order valence-electron chi connectivity index (χ0n) is 7.92. The molecule has 0 aromatic rings. The Hall–Kier alpha value is -1.04. The molecule has 0 saturated carbocycles. The molecule has 0 fully saturated rings. The van der Waals surface area contributed by atoms with E-state index in [1.165, 1.54) is 0 Å². The van der Waals surface area contributed by atoms with Crippen molar-refractivity contribution in [1.82, 2.24) is 5.32 Å². The maximum Gasteiger partial charge on any atom is 0.220 e. The monoisotopic (exact) mass is 168 g/mol. The third-order valence-corrected chi connectivity index (χ3v) is 1.52. The molecule has 1 amide bonds. The molecule has 0 aliphatic heterocycles. The summed E-state index contributed by atoms with van der Waals surface area (Å²) in [6, 6.07) is 1.74. The van der Waals surface area contributed by atoms with E-state index in [9.17, 15) is 4.79 Å². The van der Waals surface area contributed by atoms with Crippen LogP contribution in [0.1, 0.15) is 33.6 Å². The van der Waals surface area contributed by atoms with Crippen LogP contribution in [0.15, 0.2) is 0 Å². The van der Waals surface area contributed by atoms with Crippen LogP contribution in [0.25, 0.3) is 0 Å². The van der Waals surface area contributed by atoms with Crippen molar-refractivity contribution >= 4 is 5.91 Å². The second-order valence-corrected chi connectivity index (χ2v) is 3.23. The van der Waals surface area contributed by atoms with Gasteiger partial charge in [0.05, 0.1) is 6.07 Å². The standard InChI is InChI=1S/C9H16N2O/c1-4-9(12)11-8(6-10)5-7(2)3/h7-8H,4-5H2,1-3H3,(H,11,12). The number of hydrogen-bond acceptors (Lipinski definition) is 2. The summed E-state index contributed by atoms with van der Waals surface area (Å²) in [6.45, 7) is 5.84. The van der Waals surface area contributed by atoms with Crippen molar-refractivity contribution in [3.63, 3.8) is 0 Å². The molecule has 3 nitrogen and oxygen atoms in total. The fraction of sp³-hybridized carbons (Fsp3) is 0.778. The Labute approximate surface area is 73.8 Å². The molecule has 0 heterocycles. The van der Waals surface area contributed by atoms with Crippen molar-refractivity contribution in [3.8, 4) is 6.07 Å². The van der Waals surface area contributed by atoms with E-state index in [-0.39, 0.29) is 11.9 Å². The minimum atomic E-state index is -0.322. The van der Waals surface area contributed by atoms with Crippen molar-refractivity contribution in [1.29, 1.82) is 5.26 Å². The number of amides is 1. The van der Waals surface area contributed by atoms with Gasteiger partial charge in [0.25, 0.3) is 0 Å². The van der Waals surface area contributed by atoms with E-state index in [1.54, 1.807) is 6.92 Å². The van der Waals surface area contributed by atoms with E-state index < -0.39 is 0 Å². The molecule has 3 heteroatoms. The molecule has 0 aliphatic carbocycles. The molecule has 0 bridgehead atoms. The van der Waals surface area contributed by atoms with E-state index >= 15 is 0 Å². The quantitative estimate of drug-likeness (QED) is 0.690. The van der Waals surface area contributed by atoms with Gasteiger partial charge < -0.3 is 5.32 Å². The SMILES string of the molecule is CCC(=O)NC(C#N)CC(C)C. The average Bonchev–Trinajstić information content (AvgIpc) is 2.02. The molecule has 0 saturated heterocycles. The molecule has 1 unspecified atom stereocenters. The van der Waals surface area contributed by atoms with E-state index in [1.807, 2.05) is 13.8 Å². The molecule has 0 rings (SSSR count). The van der Waals surface area contributed by atoms with Crippen LogP contribution in [-0.4, -0.2) is 11.9 Å². The fourth-order valence-corrected chi connectivity index (χ4v) is 0.912. The van der Waals surface area contributed by atoms with Crippen LogP contribution < -0.4 is 5.32 Å². The van der Waals surface area contributed by atoms with E-state index in [0.29, 0.717) is 12.3 Å². The lowest BCUT2D eigenvalue weighted by molar-refractivity contribution is -0.121. The van der Waals surface area contributed by atoms with Gasteiger partial charge in [-0.25, -0.2) is 0 Å². The predicted octanol–water partition coefficient (Wildman–Crippen LogP) is 1.45. The zero-order chi connectivity index (χ0) is 9.56. The van der Waals surface area contributed by atoms with Crippen LogP contribution in [0.5, 0.6) is 0 Å². The summed E-state index contributed by atoms with van der Waals surface area (Å²) in [5.41, 5.74) is 0. The van der Waals surface area contributed by atoms with E-state index in [0.717, 1.165) is 6.42 Å². The maximum atomic E-state index is 10.9. The largest absolute Gasteiger partial charge is 0.340 e. The molecular formula is C9H16N2O. The Morgan fingerprint density at radius 2 is 2.17 bits per heavy atom. The van der Waals surface area contributed by atoms with Gasteiger partial charge in [-0.3, -0.25) is 4.79 Å². The van der Waals surface area contributed by atoms with Crippen LogP contribution >= 0.6 is 0 Å². The van der Waals surface area contributed by atoms with E-state index in [4.69, 9.17) is 5.26 Å². The second kappa shape index (κ2) is 5.59. The van der Waals surface area contributed by atoms with Crippen molar-refractivity contribution in [2.75, 3.05) is 0 Å². The number of nitrogens with zero attached hydrogens (tertiary/aromatic N) is 1. The molecule has 0 aliphatic rings. The lowest BCUT2D eigenvalue weighted by Crippen LogP contribution is -2.34. The molecule has 12 heavy (non-hydrogen) atoms. The van der Waals surface area contributed by atoms with Crippen molar-refractivity contribution in [2.24, 2.45) is 5.92 Å². The number of carbonyl (C=O) groups excluding carboxylic acids is 1. The summed E-state index contributed by atoms with van der Waals surface area (Å²) in [5, 5.41) is 11.3. The van der Waals surface area contributed by atoms with Crippen LogP contribution in [0.2, 0.25) is 0 Å². The summed E-state index contributed by atoms with van der Waals surface area (Å²) in [5.74, 6) is 0.383. The smallest absolute Gasteiger partial charge is 0.220 e. The van der Waals surface area contributed by atoms with Crippen LogP contribution in [0.4, 0.5) is 0 Å². The minimum absolute atomic E-state index is 0.0535. The average molecular weight is 168 g/mol. The second-order valence-electron chi connectivity index (χ2n) is 3.23. The first-order valence-corrected chi connectivity index (χ1v) is 4.29. The predicted molar refractivity (Wildman–Crippen MR) is 47.3 cm³/mol.